The highest BCUT2D eigenvalue weighted by Crippen LogP contribution is 1.69. The molecule has 0 rings (SSSR count). The Morgan fingerprint density at radius 2 is 1.89 bits per heavy atom. The Hall–Kier alpha value is -1.19. The molecule has 0 spiro atoms. The first-order chi connectivity index (χ1) is 4.20. The van der Waals surface area contributed by atoms with Crippen LogP contribution in [-0.2, 0) is 0 Å². The maximum atomic E-state index is 7.05. The summed E-state index contributed by atoms with van der Waals surface area (Å²) in [5, 5.41) is 15.0. The van der Waals surface area contributed by atoms with Crippen LogP contribution in [0.2, 0.25) is 0 Å². The highest BCUT2D eigenvalue weighted by molar-refractivity contribution is 5.77. The molecule has 0 amide bonds. The Kier molecular flexibility index (Phi) is 3.27. The Bertz CT molecular complexity index is 104. The van der Waals surface area contributed by atoms with Crippen LogP contribution in [0.4, 0.5) is 0 Å². The highest BCUT2D eigenvalue weighted by Gasteiger charge is 1.89. The summed E-state index contributed by atoms with van der Waals surface area (Å²) < 4.78 is 0. The van der Waals surface area contributed by atoms with E-state index in [1.54, 1.807) is 14.1 Å². The third kappa shape index (κ3) is 3.40. The molecule has 0 aliphatic heterocycles. The lowest BCUT2D eigenvalue weighted by Crippen LogP contribution is -2.36. The summed E-state index contributed by atoms with van der Waals surface area (Å²) in [4.78, 5) is 0. The van der Waals surface area contributed by atoms with Crippen molar-refractivity contribution in [2.24, 2.45) is 0 Å². The van der Waals surface area contributed by atoms with Gasteiger partial charge in [-0.05, 0) is 0 Å². The fourth-order valence-corrected chi connectivity index (χ4v) is 0.276. The monoisotopic (exact) mass is 128 g/mol. The summed E-state index contributed by atoms with van der Waals surface area (Å²) in [6.45, 7) is 3.56. The minimum absolute atomic E-state index is 0.231. The molecule has 0 aromatic carbocycles. The van der Waals surface area contributed by atoms with Gasteiger partial charge < -0.3 is 16.0 Å². The quantitative estimate of drug-likeness (QED) is 0.297. The van der Waals surface area contributed by atoms with Crippen LogP contribution in [0.3, 0.4) is 0 Å². The zero-order chi connectivity index (χ0) is 7.28. The maximum absolute atomic E-state index is 7.05. The molecule has 0 aromatic rings. The molecule has 0 bridgehead atoms. The SMILES string of the molecule is C=C(NC)NC(=N)NC. The third-order valence-corrected chi connectivity index (χ3v) is 0.828. The van der Waals surface area contributed by atoms with Crippen molar-refractivity contribution in [2.45, 2.75) is 0 Å². The minimum atomic E-state index is 0.231. The van der Waals surface area contributed by atoms with Crippen LogP contribution < -0.4 is 16.0 Å². The van der Waals surface area contributed by atoms with Gasteiger partial charge in [-0.1, -0.05) is 6.58 Å². The fourth-order valence-electron chi connectivity index (χ4n) is 0.276. The topological polar surface area (TPSA) is 59.9 Å². The molecule has 0 aromatic heterocycles. The normalized spacial score (nSPS) is 7.78. The van der Waals surface area contributed by atoms with Gasteiger partial charge in [0.2, 0.25) is 0 Å². The van der Waals surface area contributed by atoms with E-state index in [4.69, 9.17) is 5.41 Å². The van der Waals surface area contributed by atoms with Crippen LogP contribution in [0.25, 0.3) is 0 Å². The van der Waals surface area contributed by atoms with Gasteiger partial charge in [0, 0.05) is 14.1 Å². The van der Waals surface area contributed by atoms with E-state index in [1.807, 2.05) is 0 Å². The molecule has 0 aliphatic carbocycles. The first kappa shape index (κ1) is 7.81. The molecule has 4 N–H and O–H groups in total. The Labute approximate surface area is 54.8 Å². The molecule has 4 nitrogen and oxygen atoms in total. The molecule has 0 aliphatic rings. The van der Waals surface area contributed by atoms with E-state index < -0.39 is 0 Å². The van der Waals surface area contributed by atoms with Crippen LogP contribution in [0.1, 0.15) is 0 Å². The number of hydrogen-bond donors (Lipinski definition) is 4. The average Bonchev–Trinajstić information content (AvgIpc) is 1.87. The lowest BCUT2D eigenvalue weighted by Gasteiger charge is -2.07. The Morgan fingerprint density at radius 1 is 1.33 bits per heavy atom. The molecule has 0 saturated heterocycles. The standard InChI is InChI=1S/C5H12N4/c1-4(7-2)9-5(6)8-3/h7H,1H2,2-3H3,(H3,6,8,9). The predicted octanol–water partition coefficient (Wildman–Crippen LogP) is -0.579. The van der Waals surface area contributed by atoms with E-state index in [0.29, 0.717) is 5.82 Å². The second-order valence-corrected chi connectivity index (χ2v) is 1.48. The van der Waals surface area contributed by atoms with Crippen LogP contribution in [-0.4, -0.2) is 20.1 Å². The maximum Gasteiger partial charge on any atom is 0.193 e. The molecular formula is C5H12N4. The lowest BCUT2D eigenvalue weighted by atomic mass is 10.7. The lowest BCUT2D eigenvalue weighted by molar-refractivity contribution is 0.871. The van der Waals surface area contributed by atoms with Gasteiger partial charge in [-0.2, -0.15) is 0 Å². The van der Waals surface area contributed by atoms with Crippen molar-refractivity contribution < 1.29 is 0 Å². The molecule has 0 saturated carbocycles. The van der Waals surface area contributed by atoms with Crippen LogP contribution in [0.5, 0.6) is 0 Å². The number of nitrogens with one attached hydrogen (secondary N) is 4. The summed E-state index contributed by atoms with van der Waals surface area (Å²) in [5.74, 6) is 0.837. The summed E-state index contributed by atoms with van der Waals surface area (Å²) in [5.41, 5.74) is 0. The molecule has 52 valence electrons. The summed E-state index contributed by atoms with van der Waals surface area (Å²) in [6.07, 6.45) is 0. The molecule has 4 heteroatoms. The van der Waals surface area contributed by atoms with E-state index in [2.05, 4.69) is 22.5 Å². The largest absolute Gasteiger partial charge is 0.375 e. The van der Waals surface area contributed by atoms with Crippen LogP contribution in [0.15, 0.2) is 12.4 Å². The van der Waals surface area contributed by atoms with Crippen molar-refractivity contribution >= 4 is 5.96 Å². The highest BCUT2D eigenvalue weighted by atomic mass is 15.2. The Balaban J connectivity index is 3.47. The van der Waals surface area contributed by atoms with Gasteiger partial charge in [-0.3, -0.25) is 5.41 Å². The van der Waals surface area contributed by atoms with Crippen LogP contribution in [0, 0.1) is 5.41 Å². The van der Waals surface area contributed by atoms with Gasteiger partial charge in [0.1, 0.15) is 0 Å². The molecule has 0 atom stereocenters. The first-order valence-corrected chi connectivity index (χ1v) is 2.60. The van der Waals surface area contributed by atoms with E-state index in [9.17, 15) is 0 Å². The predicted molar refractivity (Wildman–Crippen MR) is 38.1 cm³/mol. The second kappa shape index (κ2) is 3.77. The summed E-state index contributed by atoms with van der Waals surface area (Å²) in [7, 11) is 3.40. The fraction of sp³-hybridized carbons (Fsp3) is 0.400. The molecule has 0 heterocycles. The van der Waals surface area contributed by atoms with Crippen molar-refractivity contribution in [3.05, 3.63) is 12.4 Å². The summed E-state index contributed by atoms with van der Waals surface area (Å²) in [6, 6.07) is 0. The molecular weight excluding hydrogens is 116 g/mol. The molecule has 0 unspecified atom stereocenters. The van der Waals surface area contributed by atoms with Crippen molar-refractivity contribution in [1.82, 2.24) is 16.0 Å². The van der Waals surface area contributed by atoms with E-state index in [-0.39, 0.29) is 5.96 Å². The van der Waals surface area contributed by atoms with Gasteiger partial charge in [-0.25, -0.2) is 0 Å². The molecule has 0 radical (unpaired) electrons. The second-order valence-electron chi connectivity index (χ2n) is 1.48. The van der Waals surface area contributed by atoms with E-state index >= 15 is 0 Å². The number of rotatable bonds is 2. The van der Waals surface area contributed by atoms with E-state index in [0.717, 1.165) is 0 Å². The zero-order valence-corrected chi connectivity index (χ0v) is 5.71. The smallest absolute Gasteiger partial charge is 0.193 e. The van der Waals surface area contributed by atoms with Gasteiger partial charge >= 0.3 is 0 Å². The average molecular weight is 128 g/mol. The minimum Gasteiger partial charge on any atom is -0.375 e. The van der Waals surface area contributed by atoms with Gasteiger partial charge in [0.05, 0.1) is 5.82 Å². The van der Waals surface area contributed by atoms with Crippen molar-refractivity contribution in [3.8, 4) is 0 Å². The van der Waals surface area contributed by atoms with Gasteiger partial charge in [-0.15, -0.1) is 0 Å². The van der Waals surface area contributed by atoms with Crippen molar-refractivity contribution in [1.29, 1.82) is 5.41 Å². The van der Waals surface area contributed by atoms with Crippen molar-refractivity contribution in [2.75, 3.05) is 14.1 Å². The first-order valence-electron chi connectivity index (χ1n) is 2.60. The van der Waals surface area contributed by atoms with E-state index in [1.165, 1.54) is 0 Å². The van der Waals surface area contributed by atoms with Crippen LogP contribution >= 0.6 is 0 Å². The zero-order valence-electron chi connectivity index (χ0n) is 5.71. The molecule has 9 heavy (non-hydrogen) atoms. The molecule has 0 fully saturated rings. The number of hydrogen-bond acceptors (Lipinski definition) is 2. The number of guanidine groups is 1. The van der Waals surface area contributed by atoms with Crippen molar-refractivity contribution in [3.63, 3.8) is 0 Å². The Morgan fingerprint density at radius 3 is 2.22 bits per heavy atom. The summed E-state index contributed by atoms with van der Waals surface area (Å²) >= 11 is 0. The van der Waals surface area contributed by atoms with Gasteiger partial charge in [0.25, 0.3) is 0 Å². The third-order valence-electron chi connectivity index (χ3n) is 0.828. The van der Waals surface area contributed by atoms with Gasteiger partial charge in [0.15, 0.2) is 5.96 Å².